The summed E-state index contributed by atoms with van der Waals surface area (Å²) in [6.45, 7) is 10.0. The molecule has 3 heteroatoms. The summed E-state index contributed by atoms with van der Waals surface area (Å²) in [6.07, 6.45) is 0. The number of hydrogen-bond acceptors (Lipinski definition) is 3. The molecule has 2 unspecified atom stereocenters. The molecule has 1 N–H and O–H groups in total. The van der Waals surface area contributed by atoms with E-state index < -0.39 is 0 Å². The summed E-state index contributed by atoms with van der Waals surface area (Å²) < 4.78 is 5.22. The molecule has 2 atom stereocenters. The molecule has 0 saturated carbocycles. The predicted molar refractivity (Wildman–Crippen MR) is 86.2 cm³/mol. The molecule has 2 nitrogen and oxygen atoms in total. The number of hydrogen-bond donors (Lipinski definition) is 1. The Morgan fingerprint density at radius 3 is 2.26 bits per heavy atom. The van der Waals surface area contributed by atoms with Crippen LogP contribution in [0.4, 0.5) is 0 Å². The lowest BCUT2D eigenvalue weighted by Crippen LogP contribution is -2.28. The summed E-state index contributed by atoms with van der Waals surface area (Å²) >= 11 is 2.04. The van der Waals surface area contributed by atoms with Gasteiger partial charge in [-0.15, -0.1) is 0 Å². The lowest BCUT2D eigenvalue weighted by atomic mass is 10.0. The van der Waals surface area contributed by atoms with Gasteiger partial charge >= 0.3 is 0 Å². The molecule has 0 heterocycles. The van der Waals surface area contributed by atoms with Gasteiger partial charge in [0.2, 0.25) is 0 Å². The van der Waals surface area contributed by atoms with Crippen LogP contribution in [0.3, 0.4) is 0 Å². The maximum absolute atomic E-state index is 5.22. The number of thioether (sulfide) groups is 1. The topological polar surface area (TPSA) is 21.3 Å². The molecular formula is C16H27NOS. The van der Waals surface area contributed by atoms with Crippen LogP contribution in [-0.2, 0) is 0 Å². The Bertz CT molecular complexity index is 350. The lowest BCUT2D eigenvalue weighted by Gasteiger charge is -2.25. The zero-order valence-electron chi connectivity index (χ0n) is 12.8. The fourth-order valence-corrected chi connectivity index (χ4v) is 3.16. The standard InChI is InChI=1S/C16H27NOS/c1-6-17-16(13(4)19-11-12(2)3)14-7-9-15(18-5)10-8-14/h7-10,12-13,16-17H,6,11H2,1-5H3. The van der Waals surface area contributed by atoms with Gasteiger partial charge in [-0.05, 0) is 35.9 Å². The van der Waals surface area contributed by atoms with Crippen LogP contribution in [0.2, 0.25) is 0 Å². The van der Waals surface area contributed by atoms with Crippen molar-refractivity contribution in [3.05, 3.63) is 29.8 Å². The first-order valence-electron chi connectivity index (χ1n) is 7.07. The van der Waals surface area contributed by atoms with Crippen LogP contribution in [0.15, 0.2) is 24.3 Å². The highest BCUT2D eigenvalue weighted by Gasteiger charge is 2.19. The maximum Gasteiger partial charge on any atom is 0.118 e. The molecule has 0 radical (unpaired) electrons. The largest absolute Gasteiger partial charge is 0.497 e. The van der Waals surface area contributed by atoms with Gasteiger partial charge in [-0.1, -0.05) is 39.8 Å². The van der Waals surface area contributed by atoms with Crippen LogP contribution >= 0.6 is 11.8 Å². The van der Waals surface area contributed by atoms with Gasteiger partial charge in [0, 0.05) is 11.3 Å². The van der Waals surface area contributed by atoms with Gasteiger partial charge in [0.1, 0.15) is 5.75 Å². The van der Waals surface area contributed by atoms with Gasteiger partial charge in [0.25, 0.3) is 0 Å². The van der Waals surface area contributed by atoms with Crippen LogP contribution < -0.4 is 10.1 Å². The average Bonchev–Trinajstić information content (AvgIpc) is 2.42. The fraction of sp³-hybridized carbons (Fsp3) is 0.625. The van der Waals surface area contributed by atoms with Gasteiger partial charge in [0.05, 0.1) is 7.11 Å². The second-order valence-electron chi connectivity index (χ2n) is 5.24. The van der Waals surface area contributed by atoms with Crippen LogP contribution in [0, 0.1) is 5.92 Å². The van der Waals surface area contributed by atoms with E-state index in [1.165, 1.54) is 11.3 Å². The quantitative estimate of drug-likeness (QED) is 0.774. The molecule has 0 aliphatic carbocycles. The number of ether oxygens (including phenoxy) is 1. The first-order valence-corrected chi connectivity index (χ1v) is 8.12. The molecule has 0 amide bonds. The van der Waals surface area contributed by atoms with E-state index in [1.54, 1.807) is 7.11 Å². The average molecular weight is 281 g/mol. The van der Waals surface area contributed by atoms with E-state index in [9.17, 15) is 0 Å². The molecule has 0 aromatic heterocycles. The maximum atomic E-state index is 5.22. The Morgan fingerprint density at radius 2 is 1.79 bits per heavy atom. The minimum Gasteiger partial charge on any atom is -0.497 e. The molecular weight excluding hydrogens is 254 g/mol. The van der Waals surface area contributed by atoms with Gasteiger partial charge in [0.15, 0.2) is 0 Å². The van der Waals surface area contributed by atoms with Crippen molar-refractivity contribution in [1.82, 2.24) is 5.32 Å². The summed E-state index contributed by atoms with van der Waals surface area (Å²) in [7, 11) is 1.71. The Balaban J connectivity index is 2.73. The second-order valence-corrected chi connectivity index (χ2v) is 6.65. The minimum absolute atomic E-state index is 0.402. The highest BCUT2D eigenvalue weighted by Crippen LogP contribution is 2.28. The van der Waals surface area contributed by atoms with E-state index in [0.717, 1.165) is 18.2 Å². The highest BCUT2D eigenvalue weighted by atomic mass is 32.2. The van der Waals surface area contributed by atoms with Gasteiger partial charge in [-0.2, -0.15) is 11.8 Å². The molecule has 0 aliphatic heterocycles. The van der Waals surface area contributed by atoms with Crippen molar-refractivity contribution in [2.45, 2.75) is 39.0 Å². The van der Waals surface area contributed by atoms with Crippen LogP contribution in [-0.4, -0.2) is 24.7 Å². The second kappa shape index (κ2) is 8.49. The highest BCUT2D eigenvalue weighted by molar-refractivity contribution is 7.99. The van der Waals surface area contributed by atoms with Crippen molar-refractivity contribution in [1.29, 1.82) is 0 Å². The Labute approximate surface area is 122 Å². The van der Waals surface area contributed by atoms with E-state index in [2.05, 4.69) is 45.1 Å². The molecule has 0 bridgehead atoms. The smallest absolute Gasteiger partial charge is 0.118 e. The third-order valence-electron chi connectivity index (χ3n) is 3.06. The predicted octanol–water partition coefficient (Wildman–Crippen LogP) is 4.12. The summed E-state index contributed by atoms with van der Waals surface area (Å²) in [6, 6.07) is 8.82. The number of benzene rings is 1. The van der Waals surface area contributed by atoms with Crippen molar-refractivity contribution in [2.24, 2.45) is 5.92 Å². The van der Waals surface area contributed by atoms with E-state index in [0.29, 0.717) is 11.3 Å². The SMILES string of the molecule is CCNC(c1ccc(OC)cc1)C(C)SCC(C)C. The van der Waals surface area contributed by atoms with Gasteiger partial charge < -0.3 is 10.1 Å². The number of rotatable bonds is 8. The van der Waals surface area contributed by atoms with E-state index in [-0.39, 0.29) is 0 Å². The molecule has 1 rings (SSSR count). The van der Waals surface area contributed by atoms with Gasteiger partial charge in [-0.3, -0.25) is 0 Å². The fourth-order valence-electron chi connectivity index (χ4n) is 2.03. The first-order chi connectivity index (χ1) is 9.08. The third kappa shape index (κ3) is 5.45. The van der Waals surface area contributed by atoms with Crippen molar-refractivity contribution < 1.29 is 4.74 Å². The van der Waals surface area contributed by atoms with Crippen molar-refractivity contribution >= 4 is 11.8 Å². The van der Waals surface area contributed by atoms with Crippen LogP contribution in [0.5, 0.6) is 5.75 Å². The molecule has 108 valence electrons. The molecule has 1 aromatic carbocycles. The summed E-state index contributed by atoms with van der Waals surface area (Å²) in [5.74, 6) is 2.87. The molecule has 0 saturated heterocycles. The lowest BCUT2D eigenvalue weighted by molar-refractivity contribution is 0.414. The van der Waals surface area contributed by atoms with E-state index in [4.69, 9.17) is 4.74 Å². The Morgan fingerprint density at radius 1 is 1.16 bits per heavy atom. The number of methoxy groups -OCH3 is 1. The zero-order valence-corrected chi connectivity index (χ0v) is 13.6. The minimum atomic E-state index is 0.402. The third-order valence-corrected chi connectivity index (χ3v) is 4.72. The molecule has 1 aromatic rings. The molecule has 0 aliphatic rings. The normalized spacial score (nSPS) is 14.4. The van der Waals surface area contributed by atoms with Crippen molar-refractivity contribution in [3.63, 3.8) is 0 Å². The monoisotopic (exact) mass is 281 g/mol. The van der Waals surface area contributed by atoms with E-state index >= 15 is 0 Å². The molecule has 0 fully saturated rings. The number of nitrogens with one attached hydrogen (secondary N) is 1. The molecule has 0 spiro atoms. The van der Waals surface area contributed by atoms with Crippen LogP contribution in [0.25, 0.3) is 0 Å². The zero-order chi connectivity index (χ0) is 14.3. The van der Waals surface area contributed by atoms with Crippen molar-refractivity contribution in [3.8, 4) is 5.75 Å². The summed E-state index contributed by atoms with van der Waals surface area (Å²) in [4.78, 5) is 0. The van der Waals surface area contributed by atoms with E-state index in [1.807, 2.05) is 23.9 Å². The first kappa shape index (κ1) is 16.4. The summed E-state index contributed by atoms with van der Waals surface area (Å²) in [5, 5.41) is 4.16. The summed E-state index contributed by atoms with van der Waals surface area (Å²) in [5.41, 5.74) is 1.34. The molecule has 19 heavy (non-hydrogen) atoms. The Kier molecular flexibility index (Phi) is 7.32. The van der Waals surface area contributed by atoms with Crippen LogP contribution in [0.1, 0.15) is 39.3 Å². The van der Waals surface area contributed by atoms with Gasteiger partial charge in [-0.25, -0.2) is 0 Å². The Hall–Kier alpha value is -0.670. The van der Waals surface area contributed by atoms with Crippen molar-refractivity contribution in [2.75, 3.05) is 19.4 Å².